The van der Waals surface area contributed by atoms with Crippen LogP contribution < -0.4 is 15.8 Å². The minimum atomic E-state index is -0.955. The number of carbonyl (C=O) groups excluding carboxylic acids is 2. The SMILES string of the molecule is C[C@H]1CCC[C@H]2N(C)C(=O)c3c(O)c(=O)c(C(=O)NCc4cccc(Cl)c4F)cn3N2C1. The summed E-state index contributed by atoms with van der Waals surface area (Å²) in [4.78, 5) is 40.0. The van der Waals surface area contributed by atoms with Gasteiger partial charge in [-0.15, -0.1) is 0 Å². The van der Waals surface area contributed by atoms with Crippen molar-refractivity contribution in [3.05, 3.63) is 62.3 Å². The molecule has 10 heteroatoms. The van der Waals surface area contributed by atoms with E-state index in [9.17, 15) is 23.9 Å². The first kappa shape index (κ1) is 22.1. The Bertz CT molecular complexity index is 1150. The molecule has 1 saturated heterocycles. The van der Waals surface area contributed by atoms with Crippen molar-refractivity contribution in [2.75, 3.05) is 18.6 Å². The molecule has 2 aliphatic heterocycles. The number of pyridine rings is 1. The number of carbonyl (C=O) groups is 2. The molecule has 0 radical (unpaired) electrons. The Morgan fingerprint density at radius 2 is 2.06 bits per heavy atom. The summed E-state index contributed by atoms with van der Waals surface area (Å²) in [5.41, 5.74) is -1.29. The Kier molecular flexibility index (Phi) is 5.85. The van der Waals surface area contributed by atoms with E-state index in [1.807, 2.05) is 5.01 Å². The van der Waals surface area contributed by atoms with E-state index >= 15 is 0 Å². The second-order valence-electron chi connectivity index (χ2n) is 8.36. The summed E-state index contributed by atoms with van der Waals surface area (Å²) in [7, 11) is 1.64. The van der Waals surface area contributed by atoms with Gasteiger partial charge >= 0.3 is 0 Å². The molecule has 0 saturated carbocycles. The molecule has 170 valence electrons. The number of rotatable bonds is 3. The zero-order chi connectivity index (χ0) is 23.2. The van der Waals surface area contributed by atoms with Gasteiger partial charge in [0.05, 0.1) is 5.02 Å². The van der Waals surface area contributed by atoms with Gasteiger partial charge in [-0.3, -0.25) is 24.1 Å². The molecule has 1 fully saturated rings. The van der Waals surface area contributed by atoms with Crippen molar-refractivity contribution in [3.63, 3.8) is 0 Å². The minimum absolute atomic E-state index is 0.0767. The number of fused-ring (bicyclic) bond motifs is 3. The number of hydrogen-bond donors (Lipinski definition) is 2. The molecule has 2 atom stereocenters. The number of benzene rings is 1. The van der Waals surface area contributed by atoms with Crippen LogP contribution >= 0.6 is 11.6 Å². The van der Waals surface area contributed by atoms with Crippen LogP contribution in [0.3, 0.4) is 0 Å². The Labute approximate surface area is 189 Å². The summed E-state index contributed by atoms with van der Waals surface area (Å²) in [5, 5.41) is 14.9. The first-order chi connectivity index (χ1) is 15.2. The van der Waals surface area contributed by atoms with Crippen molar-refractivity contribution in [2.45, 2.75) is 38.9 Å². The molecule has 0 aliphatic carbocycles. The van der Waals surface area contributed by atoms with E-state index in [0.717, 1.165) is 19.3 Å². The summed E-state index contributed by atoms with van der Waals surface area (Å²) >= 11 is 5.77. The summed E-state index contributed by atoms with van der Waals surface area (Å²) in [6, 6.07) is 4.41. The Morgan fingerprint density at radius 3 is 2.81 bits per heavy atom. The monoisotopic (exact) mass is 462 g/mol. The number of aromatic nitrogens is 1. The quantitative estimate of drug-likeness (QED) is 0.730. The van der Waals surface area contributed by atoms with Crippen LogP contribution in [0.2, 0.25) is 5.02 Å². The van der Waals surface area contributed by atoms with Crippen LogP contribution in [0.15, 0.2) is 29.2 Å². The lowest BCUT2D eigenvalue weighted by molar-refractivity contribution is 0.0623. The zero-order valence-electron chi connectivity index (χ0n) is 17.8. The molecule has 2 aliphatic rings. The maximum absolute atomic E-state index is 14.1. The van der Waals surface area contributed by atoms with Crippen molar-refractivity contribution in [3.8, 4) is 5.75 Å². The zero-order valence-corrected chi connectivity index (χ0v) is 18.5. The average Bonchev–Trinajstić information content (AvgIpc) is 2.96. The highest BCUT2D eigenvalue weighted by atomic mass is 35.5. The van der Waals surface area contributed by atoms with Crippen molar-refractivity contribution < 1.29 is 19.1 Å². The number of halogens is 2. The maximum atomic E-state index is 14.1. The molecule has 0 unspecified atom stereocenters. The molecule has 0 bridgehead atoms. The lowest BCUT2D eigenvalue weighted by atomic mass is 10.1. The van der Waals surface area contributed by atoms with Crippen molar-refractivity contribution >= 4 is 23.4 Å². The van der Waals surface area contributed by atoms with Gasteiger partial charge in [0.2, 0.25) is 5.43 Å². The smallest absolute Gasteiger partial charge is 0.277 e. The molecule has 32 heavy (non-hydrogen) atoms. The van der Waals surface area contributed by atoms with E-state index in [4.69, 9.17) is 11.6 Å². The van der Waals surface area contributed by atoms with Crippen molar-refractivity contribution in [1.82, 2.24) is 14.9 Å². The number of nitrogens with one attached hydrogen (secondary N) is 1. The van der Waals surface area contributed by atoms with Crippen molar-refractivity contribution in [2.24, 2.45) is 5.92 Å². The Hall–Kier alpha value is -3.07. The summed E-state index contributed by atoms with van der Waals surface area (Å²) in [6.07, 6.45) is 3.68. The molecule has 0 spiro atoms. The highest BCUT2D eigenvalue weighted by Gasteiger charge is 2.40. The van der Waals surface area contributed by atoms with E-state index in [1.54, 1.807) is 13.1 Å². The third-order valence-electron chi connectivity index (χ3n) is 6.13. The predicted octanol–water partition coefficient (Wildman–Crippen LogP) is 2.45. The van der Waals surface area contributed by atoms with Gasteiger partial charge in [0, 0.05) is 31.9 Å². The highest BCUT2D eigenvalue weighted by Crippen LogP contribution is 2.29. The fourth-order valence-corrected chi connectivity index (χ4v) is 4.56. The lowest BCUT2D eigenvalue weighted by Gasteiger charge is -2.45. The third-order valence-corrected chi connectivity index (χ3v) is 6.42. The molecule has 8 nitrogen and oxygen atoms in total. The van der Waals surface area contributed by atoms with Crippen molar-refractivity contribution in [1.29, 1.82) is 0 Å². The Balaban J connectivity index is 1.71. The number of aromatic hydroxyl groups is 1. The molecule has 4 rings (SSSR count). The van der Waals surface area contributed by atoms with Gasteiger partial charge in [0.15, 0.2) is 11.4 Å². The second kappa shape index (κ2) is 8.46. The van der Waals surface area contributed by atoms with Crippen LogP contribution in [-0.2, 0) is 6.54 Å². The largest absolute Gasteiger partial charge is 0.502 e. The van der Waals surface area contributed by atoms with Gasteiger partial charge in [-0.05, 0) is 31.2 Å². The van der Waals surface area contributed by atoms with Crippen LogP contribution in [0.1, 0.15) is 52.6 Å². The van der Waals surface area contributed by atoms with Gasteiger partial charge < -0.3 is 15.3 Å². The summed E-state index contributed by atoms with van der Waals surface area (Å²) in [5.74, 6) is -2.39. The molecule has 3 heterocycles. The maximum Gasteiger partial charge on any atom is 0.277 e. The van der Waals surface area contributed by atoms with E-state index in [1.165, 1.54) is 27.9 Å². The lowest BCUT2D eigenvalue weighted by Crippen LogP contribution is -2.60. The van der Waals surface area contributed by atoms with Gasteiger partial charge in [0.1, 0.15) is 17.5 Å². The first-order valence-corrected chi connectivity index (χ1v) is 10.8. The number of amides is 2. The summed E-state index contributed by atoms with van der Waals surface area (Å²) < 4.78 is 15.6. The number of nitrogens with zero attached hydrogens (tertiary/aromatic N) is 3. The third kappa shape index (κ3) is 3.70. The fraction of sp³-hybridized carbons (Fsp3) is 0.409. The minimum Gasteiger partial charge on any atom is -0.502 e. The molecule has 1 aromatic carbocycles. The van der Waals surface area contributed by atoms with Crippen LogP contribution in [0.4, 0.5) is 4.39 Å². The summed E-state index contributed by atoms with van der Waals surface area (Å²) in [6.45, 7) is 2.48. The topological polar surface area (TPSA) is 94.9 Å². The van der Waals surface area contributed by atoms with Crippen LogP contribution in [0.25, 0.3) is 0 Å². The van der Waals surface area contributed by atoms with E-state index in [2.05, 4.69) is 12.2 Å². The molecule has 2 amide bonds. The molecule has 1 aromatic heterocycles. The molecule has 2 aromatic rings. The van der Waals surface area contributed by atoms with E-state index in [-0.39, 0.29) is 34.6 Å². The van der Waals surface area contributed by atoms with Crippen LogP contribution in [-0.4, -0.2) is 46.3 Å². The predicted molar refractivity (Wildman–Crippen MR) is 117 cm³/mol. The van der Waals surface area contributed by atoms with Crippen LogP contribution in [0, 0.1) is 11.7 Å². The number of hydrogen-bond acceptors (Lipinski definition) is 5. The fourth-order valence-electron chi connectivity index (χ4n) is 4.37. The van der Waals surface area contributed by atoms with Gasteiger partial charge in [-0.1, -0.05) is 30.7 Å². The average molecular weight is 463 g/mol. The van der Waals surface area contributed by atoms with E-state index < -0.39 is 28.8 Å². The first-order valence-electron chi connectivity index (χ1n) is 10.4. The molecular formula is C22H24ClFN4O4. The van der Waals surface area contributed by atoms with Crippen LogP contribution in [0.5, 0.6) is 5.75 Å². The normalized spacial score (nSPS) is 20.4. The highest BCUT2D eigenvalue weighted by molar-refractivity contribution is 6.30. The second-order valence-corrected chi connectivity index (χ2v) is 8.77. The van der Waals surface area contributed by atoms with Gasteiger partial charge in [-0.25, -0.2) is 4.39 Å². The van der Waals surface area contributed by atoms with Gasteiger partial charge in [0.25, 0.3) is 11.8 Å². The standard InChI is InChI=1S/C22H24ClFN4O4/c1-12-5-3-8-16-26(2)22(32)18-20(30)19(29)14(11-28(18)27(16)10-12)21(31)25-9-13-6-4-7-15(23)17(13)24/h4,6-7,11-12,16,30H,3,5,8-10H2,1-2H3,(H,25,31)/t12-,16-/m0/s1. The Morgan fingerprint density at radius 1 is 1.31 bits per heavy atom. The van der Waals surface area contributed by atoms with E-state index in [0.29, 0.717) is 12.5 Å². The van der Waals surface area contributed by atoms with Gasteiger partial charge in [-0.2, -0.15) is 0 Å². The molecule has 2 N–H and O–H groups in total. The molecular weight excluding hydrogens is 439 g/mol.